The van der Waals surface area contributed by atoms with Gasteiger partial charge in [0.05, 0.1) is 4.90 Å². The van der Waals surface area contributed by atoms with Crippen LogP contribution in [0.2, 0.25) is 0 Å². The van der Waals surface area contributed by atoms with Crippen LogP contribution in [0, 0.1) is 6.92 Å². The highest BCUT2D eigenvalue weighted by atomic mass is 32.2. The second kappa shape index (κ2) is 8.13. The van der Waals surface area contributed by atoms with E-state index >= 15 is 0 Å². The lowest BCUT2D eigenvalue weighted by Crippen LogP contribution is -2.29. The number of hydrogen-bond acceptors (Lipinski definition) is 4. The molecule has 0 aromatic heterocycles. The first-order chi connectivity index (χ1) is 11.8. The lowest BCUT2D eigenvalue weighted by atomic mass is 10.1. The minimum Gasteiger partial charge on any atom is -0.375 e. The summed E-state index contributed by atoms with van der Waals surface area (Å²) in [6.07, 6.45) is 0.769. The summed E-state index contributed by atoms with van der Waals surface area (Å²) in [4.78, 5) is 14.3. The van der Waals surface area contributed by atoms with Gasteiger partial charge in [0.1, 0.15) is 0 Å². The Morgan fingerprint density at radius 3 is 2.48 bits per heavy atom. The van der Waals surface area contributed by atoms with Gasteiger partial charge >= 0.3 is 0 Å². The number of nitrogens with one attached hydrogen (secondary N) is 1. The third kappa shape index (κ3) is 5.30. The number of aryl methyl sites for hydroxylation is 1. The molecule has 2 aromatic carbocycles. The molecule has 0 saturated heterocycles. The molecular weight excluding hydrogens is 338 g/mol. The van der Waals surface area contributed by atoms with Crippen LogP contribution in [-0.2, 0) is 10.0 Å². The minimum atomic E-state index is -3.83. The zero-order valence-corrected chi connectivity index (χ0v) is 15.2. The Morgan fingerprint density at radius 1 is 1.16 bits per heavy atom. The fourth-order valence-electron chi connectivity index (χ4n) is 2.45. The van der Waals surface area contributed by atoms with Crippen molar-refractivity contribution in [3.8, 4) is 0 Å². The topological polar surface area (TPSA) is 92.5 Å². The van der Waals surface area contributed by atoms with Gasteiger partial charge in [-0.2, -0.15) is 0 Å². The number of hydrogen-bond donors (Lipinski definition) is 2. The Morgan fingerprint density at radius 2 is 1.84 bits per heavy atom. The molecule has 2 rings (SSSR count). The summed E-state index contributed by atoms with van der Waals surface area (Å²) in [6, 6.07) is 14.3. The third-order valence-corrected chi connectivity index (χ3v) is 4.85. The predicted octanol–water partition coefficient (Wildman–Crippen LogP) is 1.90. The third-order valence-electron chi connectivity index (χ3n) is 3.94. The Labute approximate surface area is 148 Å². The molecule has 134 valence electrons. The van der Waals surface area contributed by atoms with Crippen molar-refractivity contribution in [2.45, 2.75) is 18.2 Å². The molecule has 0 bridgehead atoms. The van der Waals surface area contributed by atoms with Gasteiger partial charge in [0.2, 0.25) is 10.0 Å². The number of nitrogens with zero attached hydrogens (tertiary/aromatic N) is 1. The fraction of sp³-hybridized carbons (Fsp3) is 0.278. The maximum atomic E-state index is 12.3. The number of primary sulfonamides is 1. The van der Waals surface area contributed by atoms with Crippen molar-refractivity contribution in [3.05, 3.63) is 59.7 Å². The van der Waals surface area contributed by atoms with Gasteiger partial charge in [-0.1, -0.05) is 24.3 Å². The Hall–Kier alpha value is -2.38. The minimum absolute atomic E-state index is 0.0629. The monoisotopic (exact) mass is 361 g/mol. The molecule has 2 aromatic rings. The lowest BCUT2D eigenvalue weighted by molar-refractivity contribution is 0.0952. The van der Waals surface area contributed by atoms with Crippen LogP contribution < -0.4 is 15.4 Å². The molecule has 7 heteroatoms. The van der Waals surface area contributed by atoms with Crippen molar-refractivity contribution < 1.29 is 13.2 Å². The largest absolute Gasteiger partial charge is 0.375 e. The number of anilines is 1. The van der Waals surface area contributed by atoms with Gasteiger partial charge in [0.15, 0.2) is 0 Å². The molecule has 0 aliphatic carbocycles. The first-order valence-electron chi connectivity index (χ1n) is 7.97. The molecule has 0 unspecified atom stereocenters. The predicted molar refractivity (Wildman–Crippen MR) is 99.2 cm³/mol. The van der Waals surface area contributed by atoms with E-state index < -0.39 is 10.0 Å². The van der Waals surface area contributed by atoms with Crippen molar-refractivity contribution >= 4 is 21.6 Å². The molecule has 0 heterocycles. The van der Waals surface area contributed by atoms with Crippen molar-refractivity contribution in [1.29, 1.82) is 0 Å². The quantitative estimate of drug-likeness (QED) is 0.737. The zero-order chi connectivity index (χ0) is 18.4. The van der Waals surface area contributed by atoms with Crippen LogP contribution >= 0.6 is 0 Å². The van der Waals surface area contributed by atoms with Gasteiger partial charge in [0.25, 0.3) is 5.91 Å². The van der Waals surface area contributed by atoms with Crippen LogP contribution in [0.25, 0.3) is 0 Å². The average Bonchev–Trinajstić information content (AvgIpc) is 2.58. The molecule has 25 heavy (non-hydrogen) atoms. The van der Waals surface area contributed by atoms with E-state index in [2.05, 4.69) is 10.2 Å². The number of benzene rings is 2. The van der Waals surface area contributed by atoms with Crippen LogP contribution in [-0.4, -0.2) is 34.5 Å². The maximum Gasteiger partial charge on any atom is 0.251 e. The van der Waals surface area contributed by atoms with Crippen molar-refractivity contribution in [3.63, 3.8) is 0 Å². The van der Waals surface area contributed by atoms with Crippen molar-refractivity contribution in [2.75, 3.05) is 25.0 Å². The van der Waals surface area contributed by atoms with Crippen LogP contribution in [0.15, 0.2) is 53.4 Å². The second-order valence-corrected chi connectivity index (χ2v) is 7.45. The standard InChI is InChI=1S/C18H23N3O3S/c1-14-9-10-16(25(19,23)24)13-17(14)18(22)20-11-6-12-21(2)15-7-4-3-5-8-15/h3-5,7-10,13H,6,11-12H2,1-2H3,(H,20,22)(H2,19,23,24). The molecule has 0 spiro atoms. The van der Waals surface area contributed by atoms with E-state index in [9.17, 15) is 13.2 Å². The highest BCUT2D eigenvalue weighted by Gasteiger charge is 2.14. The van der Waals surface area contributed by atoms with Crippen molar-refractivity contribution in [2.24, 2.45) is 5.14 Å². The Kier molecular flexibility index (Phi) is 6.17. The number of nitrogens with two attached hydrogens (primary N) is 1. The lowest BCUT2D eigenvalue weighted by Gasteiger charge is -2.19. The first kappa shape index (κ1) is 19.0. The molecule has 0 aliphatic rings. The van der Waals surface area contributed by atoms with Gasteiger partial charge in [-0.3, -0.25) is 4.79 Å². The average molecular weight is 361 g/mol. The number of amides is 1. The summed E-state index contributed by atoms with van der Waals surface area (Å²) in [6.45, 7) is 3.04. The maximum absolute atomic E-state index is 12.3. The molecule has 1 amide bonds. The summed E-state index contributed by atoms with van der Waals surface area (Å²) in [7, 11) is -1.83. The number of rotatable bonds is 7. The van der Waals surface area contributed by atoms with E-state index in [0.717, 1.165) is 18.7 Å². The van der Waals surface area contributed by atoms with Crippen molar-refractivity contribution in [1.82, 2.24) is 5.32 Å². The summed E-state index contributed by atoms with van der Waals surface area (Å²) >= 11 is 0. The molecule has 0 aliphatic heterocycles. The van der Waals surface area contributed by atoms with E-state index in [1.165, 1.54) is 12.1 Å². The molecule has 0 saturated carbocycles. The molecule has 0 fully saturated rings. The van der Waals surface area contributed by atoms with Gasteiger partial charge in [-0.25, -0.2) is 13.6 Å². The molecule has 0 radical (unpaired) electrons. The summed E-state index contributed by atoms with van der Waals surface area (Å²) in [5, 5.41) is 7.95. The zero-order valence-electron chi connectivity index (χ0n) is 14.4. The Balaban J connectivity index is 1.90. The van der Waals surface area contributed by atoms with E-state index in [1.54, 1.807) is 13.0 Å². The van der Waals surface area contributed by atoms with Gasteiger partial charge in [0, 0.05) is 31.4 Å². The highest BCUT2D eigenvalue weighted by Crippen LogP contribution is 2.15. The summed E-state index contributed by atoms with van der Waals surface area (Å²) in [5.41, 5.74) is 2.14. The SMILES string of the molecule is Cc1ccc(S(N)(=O)=O)cc1C(=O)NCCCN(C)c1ccccc1. The van der Waals surface area contributed by atoms with E-state index in [4.69, 9.17) is 5.14 Å². The van der Waals surface area contributed by atoms with Crippen LogP contribution in [0.5, 0.6) is 0 Å². The number of carbonyl (C=O) groups is 1. The molecule has 6 nitrogen and oxygen atoms in total. The first-order valence-corrected chi connectivity index (χ1v) is 9.51. The number of sulfonamides is 1. The fourth-order valence-corrected chi connectivity index (χ4v) is 2.99. The summed E-state index contributed by atoms with van der Waals surface area (Å²) < 4.78 is 22.9. The van der Waals surface area contributed by atoms with E-state index in [1.807, 2.05) is 37.4 Å². The molecule has 0 atom stereocenters. The van der Waals surface area contributed by atoms with E-state index in [-0.39, 0.29) is 10.8 Å². The summed E-state index contributed by atoms with van der Waals surface area (Å²) in [5.74, 6) is -0.301. The highest BCUT2D eigenvalue weighted by molar-refractivity contribution is 7.89. The van der Waals surface area contributed by atoms with Gasteiger partial charge < -0.3 is 10.2 Å². The molecular formula is C18H23N3O3S. The van der Waals surface area contributed by atoms with Gasteiger partial charge in [-0.15, -0.1) is 0 Å². The Bertz CT molecular complexity index is 836. The van der Waals surface area contributed by atoms with Crippen LogP contribution in [0.4, 0.5) is 5.69 Å². The van der Waals surface area contributed by atoms with Crippen LogP contribution in [0.3, 0.4) is 0 Å². The second-order valence-electron chi connectivity index (χ2n) is 5.89. The number of para-hydroxylation sites is 1. The molecule has 3 N–H and O–H groups in total. The normalized spacial score (nSPS) is 11.2. The van der Waals surface area contributed by atoms with Gasteiger partial charge in [-0.05, 0) is 43.2 Å². The smallest absolute Gasteiger partial charge is 0.251 e. The van der Waals surface area contributed by atoms with E-state index in [0.29, 0.717) is 17.7 Å². The van der Waals surface area contributed by atoms with Crippen LogP contribution in [0.1, 0.15) is 22.3 Å². The number of carbonyl (C=O) groups excluding carboxylic acids is 1.